The highest BCUT2D eigenvalue weighted by atomic mass is 32.1. The van der Waals surface area contributed by atoms with Crippen molar-refractivity contribution in [2.45, 2.75) is 13.0 Å². The van der Waals surface area contributed by atoms with Crippen molar-refractivity contribution in [3.63, 3.8) is 0 Å². The van der Waals surface area contributed by atoms with Gasteiger partial charge in [-0.1, -0.05) is 6.07 Å². The number of hydrogen-bond donors (Lipinski definition) is 1. The number of amides is 1. The Bertz CT molecular complexity index is 195. The maximum absolute atomic E-state index is 10.0. The van der Waals surface area contributed by atoms with Gasteiger partial charge in [0.1, 0.15) is 0 Å². The van der Waals surface area contributed by atoms with Crippen LogP contribution in [0.25, 0.3) is 0 Å². The number of hydrogen-bond acceptors (Lipinski definition) is 2. The summed E-state index contributed by atoms with van der Waals surface area (Å²) >= 11 is 1.65. The molecule has 1 amide bonds. The topological polar surface area (TPSA) is 29.1 Å². The summed E-state index contributed by atoms with van der Waals surface area (Å²) < 4.78 is 0. The molecule has 3 heteroatoms. The summed E-state index contributed by atoms with van der Waals surface area (Å²) in [6.07, 6.45) is 0.727. The third-order valence-electron chi connectivity index (χ3n) is 1.29. The van der Waals surface area contributed by atoms with Crippen LogP contribution >= 0.6 is 11.3 Å². The Morgan fingerprint density at radius 3 is 3.10 bits per heavy atom. The Kier molecular flexibility index (Phi) is 2.45. The lowest BCUT2D eigenvalue weighted by Crippen LogP contribution is -2.14. The van der Waals surface area contributed by atoms with Crippen LogP contribution in [0.2, 0.25) is 0 Å². The van der Waals surface area contributed by atoms with Crippen LogP contribution in [0.3, 0.4) is 0 Å². The molecule has 10 heavy (non-hydrogen) atoms. The average Bonchev–Trinajstić information content (AvgIpc) is 2.38. The summed E-state index contributed by atoms with van der Waals surface area (Å²) in [5, 5.41) is 4.68. The molecular formula is C7H9NOS. The van der Waals surface area contributed by atoms with Gasteiger partial charge in [-0.05, 0) is 18.4 Å². The molecule has 0 saturated carbocycles. The maximum Gasteiger partial charge on any atom is 0.207 e. The van der Waals surface area contributed by atoms with E-state index in [0.717, 1.165) is 6.41 Å². The summed E-state index contributed by atoms with van der Waals surface area (Å²) in [5.74, 6) is 0. The molecule has 1 unspecified atom stereocenters. The molecule has 0 spiro atoms. The molecular weight excluding hydrogens is 146 g/mol. The minimum atomic E-state index is 0.150. The molecule has 0 bridgehead atoms. The molecule has 2 nitrogen and oxygen atoms in total. The van der Waals surface area contributed by atoms with Crippen molar-refractivity contribution in [1.82, 2.24) is 5.32 Å². The molecule has 54 valence electrons. The van der Waals surface area contributed by atoms with Crippen LogP contribution in [-0.4, -0.2) is 6.41 Å². The Labute approximate surface area is 63.9 Å². The molecule has 0 aliphatic carbocycles. The van der Waals surface area contributed by atoms with Gasteiger partial charge in [-0.15, -0.1) is 11.3 Å². The van der Waals surface area contributed by atoms with Crippen LogP contribution in [0, 0.1) is 0 Å². The fourth-order valence-corrected chi connectivity index (χ4v) is 1.47. The molecule has 0 aliphatic rings. The van der Waals surface area contributed by atoms with E-state index in [1.807, 2.05) is 24.4 Å². The van der Waals surface area contributed by atoms with Gasteiger partial charge in [-0.3, -0.25) is 4.79 Å². The van der Waals surface area contributed by atoms with Crippen molar-refractivity contribution in [2.24, 2.45) is 0 Å². The van der Waals surface area contributed by atoms with E-state index in [1.54, 1.807) is 11.3 Å². The number of carbonyl (C=O) groups excluding carboxylic acids is 1. The molecule has 1 atom stereocenters. The van der Waals surface area contributed by atoms with Crippen molar-refractivity contribution in [2.75, 3.05) is 0 Å². The van der Waals surface area contributed by atoms with Crippen molar-refractivity contribution >= 4 is 17.7 Å². The molecule has 1 rings (SSSR count). The normalized spacial score (nSPS) is 12.5. The number of rotatable bonds is 3. The first-order chi connectivity index (χ1) is 4.84. The Hall–Kier alpha value is -0.830. The van der Waals surface area contributed by atoms with Gasteiger partial charge in [-0.2, -0.15) is 0 Å². The van der Waals surface area contributed by atoms with Crippen LogP contribution in [0.1, 0.15) is 17.8 Å². The van der Waals surface area contributed by atoms with E-state index in [-0.39, 0.29) is 6.04 Å². The first kappa shape index (κ1) is 7.28. The van der Waals surface area contributed by atoms with E-state index in [4.69, 9.17) is 0 Å². The Morgan fingerprint density at radius 2 is 2.60 bits per heavy atom. The first-order valence-corrected chi connectivity index (χ1v) is 3.95. The zero-order chi connectivity index (χ0) is 7.40. The summed E-state index contributed by atoms with van der Waals surface area (Å²) in [7, 11) is 0. The number of nitrogens with one attached hydrogen (secondary N) is 1. The van der Waals surface area contributed by atoms with Crippen LogP contribution in [0.5, 0.6) is 0 Å². The van der Waals surface area contributed by atoms with E-state index in [1.165, 1.54) is 4.88 Å². The Balaban J connectivity index is 2.58. The van der Waals surface area contributed by atoms with E-state index in [0.29, 0.717) is 0 Å². The lowest BCUT2D eigenvalue weighted by atomic mass is 10.3. The van der Waals surface area contributed by atoms with Gasteiger partial charge in [0.25, 0.3) is 0 Å². The van der Waals surface area contributed by atoms with Crippen molar-refractivity contribution in [3.05, 3.63) is 22.4 Å². The summed E-state index contributed by atoms with van der Waals surface area (Å²) in [6.45, 7) is 1.96. The van der Waals surface area contributed by atoms with Crippen LogP contribution in [0.15, 0.2) is 17.5 Å². The van der Waals surface area contributed by atoms with E-state index < -0.39 is 0 Å². The van der Waals surface area contributed by atoms with Gasteiger partial charge >= 0.3 is 0 Å². The van der Waals surface area contributed by atoms with E-state index in [2.05, 4.69) is 5.32 Å². The monoisotopic (exact) mass is 155 g/mol. The lowest BCUT2D eigenvalue weighted by molar-refractivity contribution is -0.110. The fourth-order valence-electron chi connectivity index (χ4n) is 0.722. The standard InChI is InChI=1S/C7H9NOS/c1-6(8-5-9)7-3-2-4-10-7/h2-6H,1H3,(H,8,9). The van der Waals surface area contributed by atoms with Crippen molar-refractivity contribution < 1.29 is 4.79 Å². The second-order valence-electron chi connectivity index (χ2n) is 2.02. The molecule has 0 radical (unpaired) electrons. The summed E-state index contributed by atoms with van der Waals surface area (Å²) in [4.78, 5) is 11.2. The molecule has 0 fully saturated rings. The average molecular weight is 155 g/mol. The molecule has 1 aromatic heterocycles. The highest BCUT2D eigenvalue weighted by molar-refractivity contribution is 7.10. The van der Waals surface area contributed by atoms with E-state index >= 15 is 0 Å². The predicted molar refractivity (Wildman–Crippen MR) is 41.9 cm³/mol. The van der Waals surface area contributed by atoms with Gasteiger partial charge in [-0.25, -0.2) is 0 Å². The van der Waals surface area contributed by atoms with E-state index in [9.17, 15) is 4.79 Å². The highest BCUT2D eigenvalue weighted by Gasteiger charge is 2.02. The lowest BCUT2D eigenvalue weighted by Gasteiger charge is -2.05. The quantitative estimate of drug-likeness (QED) is 0.659. The second kappa shape index (κ2) is 3.37. The largest absolute Gasteiger partial charge is 0.351 e. The molecule has 1 aromatic rings. The van der Waals surface area contributed by atoms with Gasteiger partial charge in [0.05, 0.1) is 6.04 Å². The van der Waals surface area contributed by atoms with Gasteiger partial charge in [0.15, 0.2) is 0 Å². The first-order valence-electron chi connectivity index (χ1n) is 3.07. The highest BCUT2D eigenvalue weighted by Crippen LogP contribution is 2.16. The minimum Gasteiger partial charge on any atom is -0.351 e. The van der Waals surface area contributed by atoms with Gasteiger partial charge < -0.3 is 5.32 Å². The van der Waals surface area contributed by atoms with Gasteiger partial charge in [0, 0.05) is 4.88 Å². The summed E-state index contributed by atoms with van der Waals surface area (Å²) in [5.41, 5.74) is 0. The maximum atomic E-state index is 10.0. The zero-order valence-corrected chi connectivity index (χ0v) is 6.52. The minimum absolute atomic E-state index is 0.150. The SMILES string of the molecule is CC(NC=O)c1cccs1. The fraction of sp³-hybridized carbons (Fsp3) is 0.286. The van der Waals surface area contributed by atoms with Crippen molar-refractivity contribution in [1.29, 1.82) is 0 Å². The third-order valence-corrected chi connectivity index (χ3v) is 2.34. The number of thiophene rings is 1. The smallest absolute Gasteiger partial charge is 0.207 e. The number of carbonyl (C=O) groups is 1. The summed E-state index contributed by atoms with van der Waals surface area (Å²) in [6, 6.07) is 4.13. The molecule has 0 aliphatic heterocycles. The third kappa shape index (κ3) is 1.57. The Morgan fingerprint density at radius 1 is 1.80 bits per heavy atom. The van der Waals surface area contributed by atoms with Crippen molar-refractivity contribution in [3.8, 4) is 0 Å². The van der Waals surface area contributed by atoms with Crippen LogP contribution in [-0.2, 0) is 4.79 Å². The van der Waals surface area contributed by atoms with Crippen LogP contribution in [0.4, 0.5) is 0 Å². The molecule has 1 N–H and O–H groups in total. The second-order valence-corrected chi connectivity index (χ2v) is 3.00. The zero-order valence-electron chi connectivity index (χ0n) is 5.70. The molecule has 0 aromatic carbocycles. The predicted octanol–water partition coefficient (Wildman–Crippen LogP) is 1.56. The van der Waals surface area contributed by atoms with Gasteiger partial charge in [0.2, 0.25) is 6.41 Å². The molecule has 1 heterocycles. The molecule has 0 saturated heterocycles. The van der Waals surface area contributed by atoms with Crippen LogP contribution < -0.4 is 5.32 Å².